The van der Waals surface area contributed by atoms with Crippen molar-refractivity contribution in [2.75, 3.05) is 11.9 Å². The van der Waals surface area contributed by atoms with E-state index in [1.54, 1.807) is 58.0 Å². The maximum Gasteiger partial charge on any atom is 0.256 e. The number of anilines is 1. The van der Waals surface area contributed by atoms with E-state index >= 15 is 0 Å². The molecule has 1 aliphatic carbocycles. The van der Waals surface area contributed by atoms with Crippen LogP contribution in [-0.2, 0) is 4.79 Å². The Hall–Kier alpha value is -3.32. The fourth-order valence-electron chi connectivity index (χ4n) is 3.91. The van der Waals surface area contributed by atoms with Crippen molar-refractivity contribution in [2.24, 2.45) is 0 Å². The van der Waals surface area contributed by atoms with E-state index in [2.05, 4.69) is 10.3 Å². The maximum absolute atomic E-state index is 13.2. The number of nitrogens with zero attached hydrogens (tertiary/aromatic N) is 3. The molecular weight excluding hydrogens is 519 g/mol. The number of halogens is 3. The average Bonchev–Trinajstić information content (AvgIpc) is 3.62. The summed E-state index contributed by atoms with van der Waals surface area (Å²) in [6, 6.07) is 21.4. The predicted octanol–water partition coefficient (Wildman–Crippen LogP) is 6.74. The first-order valence-electron chi connectivity index (χ1n) is 11.4. The Morgan fingerprint density at radius 1 is 0.944 bits per heavy atom. The second kappa shape index (κ2) is 10.3. The van der Waals surface area contributed by atoms with E-state index in [0.717, 1.165) is 24.1 Å². The molecule has 0 saturated heterocycles. The van der Waals surface area contributed by atoms with Gasteiger partial charge in [-0.1, -0.05) is 65.1 Å². The monoisotopic (exact) mass is 538 g/mol. The molecule has 36 heavy (non-hydrogen) atoms. The average molecular weight is 540 g/mol. The SMILES string of the molecule is O=C(CN(C(=O)c1ccccc1Cl)C1CC1)Nc1nc(-c2ccc(Cl)cc2)cn1-c1cccc(Cl)c1. The van der Waals surface area contributed by atoms with Crippen molar-refractivity contribution in [1.82, 2.24) is 14.5 Å². The zero-order chi connectivity index (χ0) is 25.2. The van der Waals surface area contributed by atoms with Gasteiger partial charge in [-0.3, -0.25) is 19.5 Å². The summed E-state index contributed by atoms with van der Waals surface area (Å²) < 4.78 is 1.76. The summed E-state index contributed by atoms with van der Waals surface area (Å²) in [6.07, 6.45) is 3.51. The van der Waals surface area contributed by atoms with E-state index in [1.807, 2.05) is 30.5 Å². The minimum atomic E-state index is -0.362. The van der Waals surface area contributed by atoms with Gasteiger partial charge in [0, 0.05) is 33.5 Å². The van der Waals surface area contributed by atoms with E-state index in [1.165, 1.54) is 0 Å². The van der Waals surface area contributed by atoms with Gasteiger partial charge in [0.15, 0.2) is 0 Å². The van der Waals surface area contributed by atoms with Crippen molar-refractivity contribution in [1.29, 1.82) is 0 Å². The highest BCUT2D eigenvalue weighted by molar-refractivity contribution is 6.34. The highest BCUT2D eigenvalue weighted by Gasteiger charge is 2.35. The molecule has 9 heteroatoms. The number of nitrogens with one attached hydrogen (secondary N) is 1. The Morgan fingerprint density at radius 2 is 1.69 bits per heavy atom. The molecule has 0 radical (unpaired) electrons. The lowest BCUT2D eigenvalue weighted by molar-refractivity contribution is -0.117. The van der Waals surface area contributed by atoms with Crippen molar-refractivity contribution in [3.05, 3.63) is 99.6 Å². The minimum absolute atomic E-state index is 0.0109. The van der Waals surface area contributed by atoms with Crippen LogP contribution in [0.1, 0.15) is 23.2 Å². The van der Waals surface area contributed by atoms with Crippen LogP contribution in [0.3, 0.4) is 0 Å². The fourth-order valence-corrected chi connectivity index (χ4v) is 4.44. The highest BCUT2D eigenvalue weighted by Crippen LogP contribution is 2.30. The third-order valence-corrected chi connectivity index (χ3v) is 6.67. The minimum Gasteiger partial charge on any atom is -0.326 e. The van der Waals surface area contributed by atoms with E-state index in [-0.39, 0.29) is 24.4 Å². The van der Waals surface area contributed by atoms with Crippen molar-refractivity contribution in [3.8, 4) is 16.9 Å². The van der Waals surface area contributed by atoms with Gasteiger partial charge in [0.05, 0.1) is 16.3 Å². The Labute approximate surface area is 223 Å². The number of hydrogen-bond donors (Lipinski definition) is 1. The van der Waals surface area contributed by atoms with E-state index in [0.29, 0.717) is 32.3 Å². The molecule has 0 aliphatic heterocycles. The van der Waals surface area contributed by atoms with Gasteiger partial charge in [-0.2, -0.15) is 0 Å². The second-order valence-corrected chi connectivity index (χ2v) is 9.78. The Balaban J connectivity index is 1.43. The molecule has 6 nitrogen and oxygen atoms in total. The molecule has 182 valence electrons. The zero-order valence-electron chi connectivity index (χ0n) is 19.0. The molecule has 5 rings (SSSR count). The van der Waals surface area contributed by atoms with Gasteiger partial charge in [0.1, 0.15) is 6.54 Å². The number of hydrogen-bond acceptors (Lipinski definition) is 3. The van der Waals surface area contributed by atoms with Crippen LogP contribution >= 0.6 is 34.8 Å². The normalized spacial score (nSPS) is 12.9. The van der Waals surface area contributed by atoms with Crippen LogP contribution in [0.25, 0.3) is 16.9 Å². The molecule has 3 aromatic carbocycles. The van der Waals surface area contributed by atoms with Crippen LogP contribution in [-0.4, -0.2) is 38.9 Å². The Kier molecular flexibility index (Phi) is 7.01. The molecule has 0 atom stereocenters. The van der Waals surface area contributed by atoms with Crippen LogP contribution in [0.4, 0.5) is 5.95 Å². The quantitative estimate of drug-likeness (QED) is 0.283. The second-order valence-electron chi connectivity index (χ2n) is 8.50. The van der Waals surface area contributed by atoms with Gasteiger partial charge in [0.25, 0.3) is 5.91 Å². The lowest BCUT2D eigenvalue weighted by Crippen LogP contribution is -2.40. The van der Waals surface area contributed by atoms with Gasteiger partial charge < -0.3 is 4.90 Å². The van der Waals surface area contributed by atoms with Crippen LogP contribution in [0.2, 0.25) is 15.1 Å². The summed E-state index contributed by atoms with van der Waals surface area (Å²) in [5.41, 5.74) is 2.60. The number of carbonyl (C=O) groups excluding carboxylic acids is 2. The van der Waals surface area contributed by atoms with Gasteiger partial charge in [0.2, 0.25) is 11.9 Å². The standard InChI is InChI=1S/C27H21Cl3N4O2/c28-18-10-8-17(9-11-18)24-15-34(21-5-3-4-19(29)14-21)27(31-24)32-25(35)16-33(20-12-13-20)26(36)22-6-1-2-7-23(22)30/h1-11,14-15,20H,12-13,16H2,(H,31,32,35). The summed E-state index contributed by atoms with van der Waals surface area (Å²) in [5, 5.41) is 4.41. The van der Waals surface area contributed by atoms with Gasteiger partial charge in [-0.15, -0.1) is 0 Å². The summed E-state index contributed by atoms with van der Waals surface area (Å²) >= 11 is 18.5. The first kappa shape index (κ1) is 24.4. The number of carbonyl (C=O) groups is 2. The van der Waals surface area contributed by atoms with Crippen LogP contribution in [0.15, 0.2) is 79.0 Å². The summed E-state index contributed by atoms with van der Waals surface area (Å²) in [6.45, 7) is -0.118. The van der Waals surface area contributed by atoms with Gasteiger partial charge in [-0.25, -0.2) is 4.98 Å². The van der Waals surface area contributed by atoms with Crippen molar-refractivity contribution >= 4 is 52.6 Å². The van der Waals surface area contributed by atoms with Crippen LogP contribution in [0.5, 0.6) is 0 Å². The summed E-state index contributed by atoms with van der Waals surface area (Å²) in [7, 11) is 0. The van der Waals surface area contributed by atoms with Gasteiger partial charge >= 0.3 is 0 Å². The number of imidazole rings is 1. The largest absolute Gasteiger partial charge is 0.326 e. The topological polar surface area (TPSA) is 67.2 Å². The lowest BCUT2D eigenvalue weighted by atomic mass is 10.2. The molecule has 4 aromatic rings. The first-order chi connectivity index (χ1) is 17.4. The molecule has 1 N–H and O–H groups in total. The van der Waals surface area contributed by atoms with E-state index in [4.69, 9.17) is 34.8 Å². The molecule has 0 spiro atoms. The van der Waals surface area contributed by atoms with Crippen LogP contribution in [0, 0.1) is 0 Å². The smallest absolute Gasteiger partial charge is 0.256 e. The zero-order valence-corrected chi connectivity index (χ0v) is 21.3. The number of amides is 2. The number of rotatable bonds is 7. The third kappa shape index (κ3) is 5.41. The maximum atomic E-state index is 13.2. The molecule has 1 fully saturated rings. The van der Waals surface area contributed by atoms with Crippen molar-refractivity contribution in [2.45, 2.75) is 18.9 Å². The molecule has 1 heterocycles. The number of aromatic nitrogens is 2. The highest BCUT2D eigenvalue weighted by atomic mass is 35.5. The molecular formula is C27H21Cl3N4O2. The fraction of sp³-hybridized carbons (Fsp3) is 0.148. The predicted molar refractivity (Wildman–Crippen MR) is 143 cm³/mol. The molecule has 0 unspecified atom stereocenters. The van der Waals surface area contributed by atoms with Crippen molar-refractivity contribution in [3.63, 3.8) is 0 Å². The van der Waals surface area contributed by atoms with E-state index in [9.17, 15) is 9.59 Å². The lowest BCUT2D eigenvalue weighted by Gasteiger charge is -2.22. The summed E-state index contributed by atoms with van der Waals surface area (Å²) in [5.74, 6) is -0.315. The first-order valence-corrected chi connectivity index (χ1v) is 12.5. The molecule has 1 aliphatic rings. The van der Waals surface area contributed by atoms with Gasteiger partial charge in [-0.05, 0) is 55.3 Å². The molecule has 1 aromatic heterocycles. The number of benzene rings is 3. The van der Waals surface area contributed by atoms with Crippen LogP contribution < -0.4 is 5.32 Å². The molecule has 2 amide bonds. The summed E-state index contributed by atoms with van der Waals surface area (Å²) in [4.78, 5) is 32.6. The Bertz CT molecular complexity index is 1430. The molecule has 1 saturated carbocycles. The molecule has 0 bridgehead atoms. The Morgan fingerprint density at radius 3 is 2.39 bits per heavy atom. The third-order valence-electron chi connectivity index (χ3n) is 5.85. The van der Waals surface area contributed by atoms with E-state index < -0.39 is 0 Å². The van der Waals surface area contributed by atoms with Crippen molar-refractivity contribution < 1.29 is 9.59 Å².